The molecule has 0 aliphatic rings. The molecule has 0 saturated heterocycles. The number of carbonyl (C=O) groups excluding carboxylic acids is 1. The molecule has 0 fully saturated rings. The smallest absolute Gasteiger partial charge is 0.323 e. The van der Waals surface area contributed by atoms with Gasteiger partial charge in [-0.25, -0.2) is 9.78 Å². The van der Waals surface area contributed by atoms with Crippen LogP contribution in [0.5, 0.6) is 5.75 Å². The molecule has 0 spiro atoms. The van der Waals surface area contributed by atoms with Crippen molar-refractivity contribution in [3.8, 4) is 5.75 Å². The Morgan fingerprint density at radius 2 is 1.67 bits per heavy atom. The summed E-state index contributed by atoms with van der Waals surface area (Å²) in [6.45, 7) is 7.93. The van der Waals surface area contributed by atoms with E-state index in [1.165, 1.54) is 10.5 Å². The maximum atomic E-state index is 12.5. The van der Waals surface area contributed by atoms with E-state index >= 15 is 0 Å². The number of hydrogen-bond acceptors (Lipinski definition) is 4. The highest BCUT2D eigenvalue weighted by Crippen LogP contribution is 2.24. The Labute approximate surface area is 192 Å². The fourth-order valence-electron chi connectivity index (χ4n) is 3.47. The Balaban J connectivity index is 1.47. The number of nitrogens with zero attached hydrogens (tertiary/aromatic N) is 2. The van der Waals surface area contributed by atoms with Crippen LogP contribution in [0.2, 0.25) is 0 Å². The molecule has 4 aromatic rings. The molecule has 2 N–H and O–H groups in total. The first-order valence-electron chi connectivity index (χ1n) is 10.7. The zero-order chi connectivity index (χ0) is 23.5. The molecule has 7 nitrogen and oxygen atoms in total. The van der Waals surface area contributed by atoms with Gasteiger partial charge in [0.05, 0.1) is 5.69 Å². The average Bonchev–Trinajstić information content (AvgIpc) is 2.76. The lowest BCUT2D eigenvalue weighted by Crippen LogP contribution is -2.20. The molecule has 2 aromatic carbocycles. The standard InChI is InChI=1S/C26H26N4O3/c1-16-5-6-18(3)22(11-16)29-26(32)28-20-8-7-19(4)23(13-20)33-15-21-14-25(31)30-10-9-17(2)12-24(30)27-21/h5-14H,15H2,1-4H3,(H2,28,29,32). The topological polar surface area (TPSA) is 84.7 Å². The quantitative estimate of drug-likeness (QED) is 0.448. The minimum absolute atomic E-state index is 0.138. The Morgan fingerprint density at radius 3 is 2.48 bits per heavy atom. The fourth-order valence-corrected chi connectivity index (χ4v) is 3.47. The van der Waals surface area contributed by atoms with Gasteiger partial charge in [-0.1, -0.05) is 18.2 Å². The van der Waals surface area contributed by atoms with Gasteiger partial charge in [-0.15, -0.1) is 0 Å². The van der Waals surface area contributed by atoms with E-state index in [2.05, 4.69) is 15.6 Å². The van der Waals surface area contributed by atoms with Crippen LogP contribution in [0.15, 0.2) is 65.6 Å². The molecule has 7 heteroatoms. The molecule has 2 aromatic heterocycles. The predicted molar refractivity (Wildman–Crippen MR) is 130 cm³/mol. The van der Waals surface area contributed by atoms with Crippen LogP contribution in [0.3, 0.4) is 0 Å². The van der Waals surface area contributed by atoms with Gasteiger partial charge < -0.3 is 15.4 Å². The van der Waals surface area contributed by atoms with E-state index < -0.39 is 0 Å². The fraction of sp³-hybridized carbons (Fsp3) is 0.192. The molecule has 0 atom stereocenters. The summed E-state index contributed by atoms with van der Waals surface area (Å²) in [4.78, 5) is 29.4. The Morgan fingerprint density at radius 1 is 0.909 bits per heavy atom. The predicted octanol–water partition coefficient (Wildman–Crippen LogP) is 5.15. The zero-order valence-corrected chi connectivity index (χ0v) is 19.1. The summed E-state index contributed by atoms with van der Waals surface area (Å²) >= 11 is 0. The third-order valence-electron chi connectivity index (χ3n) is 5.34. The second-order valence-electron chi connectivity index (χ2n) is 8.18. The van der Waals surface area contributed by atoms with Gasteiger partial charge in [0.25, 0.3) is 5.56 Å². The second-order valence-corrected chi connectivity index (χ2v) is 8.18. The van der Waals surface area contributed by atoms with Crippen LogP contribution in [0.25, 0.3) is 5.65 Å². The van der Waals surface area contributed by atoms with Crippen LogP contribution in [-0.2, 0) is 6.61 Å². The number of pyridine rings is 1. The van der Waals surface area contributed by atoms with Gasteiger partial charge in [0.15, 0.2) is 0 Å². The number of carbonyl (C=O) groups is 1. The van der Waals surface area contributed by atoms with Crippen molar-refractivity contribution in [2.24, 2.45) is 0 Å². The number of aromatic nitrogens is 2. The number of urea groups is 1. The van der Waals surface area contributed by atoms with Crippen molar-refractivity contribution in [1.29, 1.82) is 0 Å². The van der Waals surface area contributed by atoms with E-state index in [1.807, 2.05) is 70.2 Å². The summed E-state index contributed by atoms with van der Waals surface area (Å²) in [6, 6.07) is 16.2. The van der Waals surface area contributed by atoms with Crippen LogP contribution in [0.4, 0.5) is 16.2 Å². The van der Waals surface area contributed by atoms with E-state index in [4.69, 9.17) is 4.74 Å². The largest absolute Gasteiger partial charge is 0.487 e. The summed E-state index contributed by atoms with van der Waals surface area (Å²) in [6.07, 6.45) is 1.72. The summed E-state index contributed by atoms with van der Waals surface area (Å²) in [5.41, 5.74) is 6.30. The molecule has 0 radical (unpaired) electrons. The van der Waals surface area contributed by atoms with Crippen molar-refractivity contribution in [2.45, 2.75) is 34.3 Å². The molecule has 2 heterocycles. The van der Waals surface area contributed by atoms with E-state index in [-0.39, 0.29) is 18.2 Å². The molecule has 0 aliphatic carbocycles. The second kappa shape index (κ2) is 9.16. The highest BCUT2D eigenvalue weighted by atomic mass is 16.5. The molecular weight excluding hydrogens is 416 g/mol. The number of anilines is 2. The molecule has 0 bridgehead atoms. The summed E-state index contributed by atoms with van der Waals surface area (Å²) < 4.78 is 7.45. The number of amides is 2. The number of benzene rings is 2. The molecular formula is C26H26N4O3. The monoisotopic (exact) mass is 442 g/mol. The van der Waals surface area contributed by atoms with Crippen molar-refractivity contribution in [3.05, 3.63) is 99.1 Å². The third kappa shape index (κ3) is 5.20. The van der Waals surface area contributed by atoms with E-state index in [1.54, 1.807) is 12.3 Å². The lowest BCUT2D eigenvalue weighted by Gasteiger charge is -2.13. The van der Waals surface area contributed by atoms with E-state index in [0.717, 1.165) is 27.9 Å². The van der Waals surface area contributed by atoms with Crippen LogP contribution in [-0.4, -0.2) is 15.4 Å². The molecule has 0 unspecified atom stereocenters. The normalized spacial score (nSPS) is 10.8. The molecule has 33 heavy (non-hydrogen) atoms. The highest BCUT2D eigenvalue weighted by Gasteiger charge is 2.09. The minimum Gasteiger partial charge on any atom is -0.487 e. The number of nitrogens with one attached hydrogen (secondary N) is 2. The van der Waals surface area contributed by atoms with Crippen LogP contribution < -0.4 is 20.9 Å². The lowest BCUT2D eigenvalue weighted by molar-refractivity contribution is 0.262. The number of fused-ring (bicyclic) bond motifs is 1. The van der Waals surface area contributed by atoms with E-state index in [9.17, 15) is 9.59 Å². The maximum absolute atomic E-state index is 12.5. The SMILES string of the molecule is Cc1ccc(C)c(NC(=O)Nc2ccc(C)c(OCc3cc(=O)n4ccc(C)cc4n3)c2)c1. The first kappa shape index (κ1) is 22.1. The highest BCUT2D eigenvalue weighted by molar-refractivity contribution is 6.00. The number of aryl methyl sites for hydroxylation is 4. The number of hydrogen-bond donors (Lipinski definition) is 2. The molecule has 0 aliphatic heterocycles. The zero-order valence-electron chi connectivity index (χ0n) is 19.1. The van der Waals surface area contributed by atoms with Crippen molar-refractivity contribution >= 4 is 23.1 Å². The van der Waals surface area contributed by atoms with Crippen LogP contribution >= 0.6 is 0 Å². The summed E-state index contributed by atoms with van der Waals surface area (Å²) in [5, 5.41) is 5.72. The maximum Gasteiger partial charge on any atom is 0.323 e. The third-order valence-corrected chi connectivity index (χ3v) is 5.34. The molecule has 168 valence electrons. The Kier molecular flexibility index (Phi) is 6.13. The first-order valence-corrected chi connectivity index (χ1v) is 10.7. The van der Waals surface area contributed by atoms with Gasteiger partial charge in [0, 0.05) is 29.7 Å². The molecule has 2 amide bonds. The van der Waals surface area contributed by atoms with Crippen LogP contribution in [0.1, 0.15) is 27.9 Å². The summed E-state index contributed by atoms with van der Waals surface area (Å²) in [7, 11) is 0. The first-order chi connectivity index (χ1) is 15.8. The number of ether oxygens (including phenoxy) is 1. The van der Waals surface area contributed by atoms with Gasteiger partial charge >= 0.3 is 6.03 Å². The van der Waals surface area contributed by atoms with Gasteiger partial charge in [-0.3, -0.25) is 9.20 Å². The van der Waals surface area contributed by atoms with Crippen molar-refractivity contribution in [1.82, 2.24) is 9.38 Å². The molecule has 4 rings (SSSR count). The van der Waals surface area contributed by atoms with Crippen molar-refractivity contribution < 1.29 is 9.53 Å². The van der Waals surface area contributed by atoms with Gasteiger partial charge in [-0.2, -0.15) is 0 Å². The Bertz CT molecular complexity index is 1410. The Hall–Kier alpha value is -4.13. The summed E-state index contributed by atoms with van der Waals surface area (Å²) in [5.74, 6) is 0.603. The number of rotatable bonds is 5. The van der Waals surface area contributed by atoms with Gasteiger partial charge in [0.2, 0.25) is 0 Å². The van der Waals surface area contributed by atoms with E-state index in [0.29, 0.717) is 22.8 Å². The van der Waals surface area contributed by atoms with Crippen molar-refractivity contribution in [3.63, 3.8) is 0 Å². The van der Waals surface area contributed by atoms with Crippen LogP contribution in [0, 0.1) is 27.7 Å². The molecule has 0 saturated carbocycles. The van der Waals surface area contributed by atoms with Crippen molar-refractivity contribution in [2.75, 3.05) is 10.6 Å². The van der Waals surface area contributed by atoms with Gasteiger partial charge in [0.1, 0.15) is 18.0 Å². The average molecular weight is 443 g/mol. The lowest BCUT2D eigenvalue weighted by atomic mass is 10.1. The minimum atomic E-state index is -0.335. The van der Waals surface area contributed by atoms with Gasteiger partial charge in [-0.05, 0) is 74.2 Å².